The van der Waals surface area contributed by atoms with Crippen molar-refractivity contribution in [2.24, 2.45) is 0 Å². The molecule has 0 heterocycles. The Hall–Kier alpha value is 0.280. The van der Waals surface area contributed by atoms with E-state index in [9.17, 15) is 0 Å². The van der Waals surface area contributed by atoms with E-state index < -0.39 is 0 Å². The average molecular weight is 212 g/mol. The molecule has 0 aliphatic rings. The van der Waals surface area contributed by atoms with E-state index >= 15 is 0 Å². The molecule has 0 saturated heterocycles. The van der Waals surface area contributed by atoms with E-state index in [-0.39, 0.29) is 12.4 Å². The van der Waals surface area contributed by atoms with Crippen molar-refractivity contribution in [2.45, 2.75) is 32.6 Å². The SMILES string of the molecule is CCCCCCNCC=CCl.Cl. The third kappa shape index (κ3) is 12.9. The molecule has 3 heteroatoms. The van der Waals surface area contributed by atoms with Gasteiger partial charge in [-0.2, -0.15) is 0 Å². The fourth-order valence-electron chi connectivity index (χ4n) is 0.907. The van der Waals surface area contributed by atoms with Crippen LogP contribution in [0.2, 0.25) is 0 Å². The Morgan fingerprint density at radius 3 is 2.58 bits per heavy atom. The molecular weight excluding hydrogens is 193 g/mol. The van der Waals surface area contributed by atoms with Crippen molar-refractivity contribution in [3.63, 3.8) is 0 Å². The van der Waals surface area contributed by atoms with E-state index in [2.05, 4.69) is 12.2 Å². The van der Waals surface area contributed by atoms with E-state index in [0.717, 1.165) is 13.1 Å². The minimum Gasteiger partial charge on any atom is -0.313 e. The van der Waals surface area contributed by atoms with Gasteiger partial charge in [0.15, 0.2) is 0 Å². The number of hydrogen-bond acceptors (Lipinski definition) is 1. The first-order chi connectivity index (χ1) is 5.41. The van der Waals surface area contributed by atoms with Gasteiger partial charge in [0.1, 0.15) is 0 Å². The second-order valence-corrected chi connectivity index (χ2v) is 2.88. The zero-order chi connectivity index (χ0) is 8.36. The molecule has 0 fully saturated rings. The quantitative estimate of drug-likeness (QED) is 0.638. The Kier molecular flexibility index (Phi) is 17.1. The Morgan fingerprint density at radius 2 is 2.00 bits per heavy atom. The van der Waals surface area contributed by atoms with Crippen LogP contribution in [0.5, 0.6) is 0 Å². The predicted molar refractivity (Wildman–Crippen MR) is 59.3 cm³/mol. The second-order valence-electron chi connectivity index (χ2n) is 2.63. The number of rotatable bonds is 7. The van der Waals surface area contributed by atoms with Crippen LogP contribution in [-0.4, -0.2) is 13.1 Å². The van der Waals surface area contributed by atoms with Gasteiger partial charge in [0.25, 0.3) is 0 Å². The molecule has 12 heavy (non-hydrogen) atoms. The van der Waals surface area contributed by atoms with Gasteiger partial charge in [-0.3, -0.25) is 0 Å². The van der Waals surface area contributed by atoms with Gasteiger partial charge in [-0.05, 0) is 13.0 Å². The number of unbranched alkanes of at least 4 members (excludes halogenated alkanes) is 3. The molecule has 0 atom stereocenters. The topological polar surface area (TPSA) is 12.0 Å². The molecule has 0 bridgehead atoms. The van der Waals surface area contributed by atoms with Crippen LogP contribution >= 0.6 is 24.0 Å². The Labute approximate surface area is 87.0 Å². The maximum absolute atomic E-state index is 5.34. The predicted octanol–water partition coefficient (Wildman–Crippen LogP) is 3.33. The van der Waals surface area contributed by atoms with Crippen molar-refractivity contribution in [2.75, 3.05) is 13.1 Å². The summed E-state index contributed by atoms with van der Waals surface area (Å²) in [6.07, 6.45) is 7.20. The Bertz CT molecular complexity index is 94.5. The van der Waals surface area contributed by atoms with Gasteiger partial charge in [-0.15, -0.1) is 12.4 Å². The lowest BCUT2D eigenvalue weighted by Crippen LogP contribution is -2.14. The summed E-state index contributed by atoms with van der Waals surface area (Å²) in [5, 5.41) is 3.27. The molecule has 74 valence electrons. The van der Waals surface area contributed by atoms with Crippen LogP contribution in [0.4, 0.5) is 0 Å². The molecule has 0 saturated carbocycles. The van der Waals surface area contributed by atoms with Crippen LogP contribution in [0.1, 0.15) is 32.6 Å². The highest BCUT2D eigenvalue weighted by atomic mass is 35.5. The van der Waals surface area contributed by atoms with E-state index in [1.54, 1.807) is 5.54 Å². The van der Waals surface area contributed by atoms with Gasteiger partial charge in [0, 0.05) is 12.1 Å². The summed E-state index contributed by atoms with van der Waals surface area (Å²) in [7, 11) is 0. The molecule has 0 aliphatic heterocycles. The van der Waals surface area contributed by atoms with Gasteiger partial charge >= 0.3 is 0 Å². The van der Waals surface area contributed by atoms with E-state index in [0.29, 0.717) is 0 Å². The van der Waals surface area contributed by atoms with Gasteiger partial charge in [0.2, 0.25) is 0 Å². The second kappa shape index (κ2) is 13.8. The molecule has 0 aliphatic carbocycles. The van der Waals surface area contributed by atoms with Crippen molar-refractivity contribution >= 4 is 24.0 Å². The molecule has 1 nitrogen and oxygen atoms in total. The minimum atomic E-state index is 0. The first-order valence-electron chi connectivity index (χ1n) is 4.37. The smallest absolute Gasteiger partial charge is 0.0146 e. The molecular formula is C9H19Cl2N. The van der Waals surface area contributed by atoms with Gasteiger partial charge in [-0.25, -0.2) is 0 Å². The fraction of sp³-hybridized carbons (Fsp3) is 0.778. The summed E-state index contributed by atoms with van der Waals surface area (Å²) in [5.74, 6) is 0. The first kappa shape index (κ1) is 14.8. The lowest BCUT2D eigenvalue weighted by molar-refractivity contribution is 0.620. The molecule has 1 N–H and O–H groups in total. The molecule has 0 radical (unpaired) electrons. The third-order valence-electron chi connectivity index (χ3n) is 1.56. The van der Waals surface area contributed by atoms with Crippen LogP contribution in [0.15, 0.2) is 11.6 Å². The molecule has 0 amide bonds. The standard InChI is InChI=1S/C9H18ClN.ClH/c1-2-3-4-5-8-11-9-6-7-10;/h6-7,11H,2-5,8-9H2,1H3;1H. The number of hydrogen-bond donors (Lipinski definition) is 1. The lowest BCUT2D eigenvalue weighted by atomic mass is 10.2. The number of halogens is 2. The monoisotopic (exact) mass is 211 g/mol. The zero-order valence-electron chi connectivity index (χ0n) is 7.68. The van der Waals surface area contributed by atoms with Crippen molar-refractivity contribution in [3.8, 4) is 0 Å². The normalized spacial score (nSPS) is 10.2. The summed E-state index contributed by atoms with van der Waals surface area (Å²) in [6, 6.07) is 0. The van der Waals surface area contributed by atoms with Gasteiger partial charge < -0.3 is 5.32 Å². The van der Waals surface area contributed by atoms with Crippen LogP contribution < -0.4 is 5.32 Å². The maximum Gasteiger partial charge on any atom is 0.0146 e. The highest BCUT2D eigenvalue weighted by Crippen LogP contribution is 1.96. The van der Waals surface area contributed by atoms with Gasteiger partial charge in [0.05, 0.1) is 0 Å². The van der Waals surface area contributed by atoms with Crippen LogP contribution in [0.3, 0.4) is 0 Å². The summed E-state index contributed by atoms with van der Waals surface area (Å²) < 4.78 is 0. The maximum atomic E-state index is 5.34. The van der Waals surface area contributed by atoms with Crippen LogP contribution in [0.25, 0.3) is 0 Å². The highest BCUT2D eigenvalue weighted by Gasteiger charge is 1.85. The highest BCUT2D eigenvalue weighted by molar-refractivity contribution is 6.25. The largest absolute Gasteiger partial charge is 0.313 e. The fourth-order valence-corrected chi connectivity index (χ4v) is 0.996. The summed E-state index contributed by atoms with van der Waals surface area (Å²) in [5.41, 5.74) is 1.55. The van der Waals surface area contributed by atoms with Gasteiger partial charge in [-0.1, -0.05) is 43.9 Å². The minimum absolute atomic E-state index is 0. The summed E-state index contributed by atoms with van der Waals surface area (Å²) >= 11 is 5.34. The van der Waals surface area contributed by atoms with Crippen LogP contribution in [-0.2, 0) is 0 Å². The van der Waals surface area contributed by atoms with Crippen molar-refractivity contribution in [1.29, 1.82) is 0 Å². The summed E-state index contributed by atoms with van der Waals surface area (Å²) in [6.45, 7) is 4.24. The molecule has 0 rings (SSSR count). The molecule has 0 spiro atoms. The third-order valence-corrected chi connectivity index (χ3v) is 1.74. The Morgan fingerprint density at radius 1 is 1.25 bits per heavy atom. The number of nitrogens with one attached hydrogen (secondary N) is 1. The zero-order valence-corrected chi connectivity index (χ0v) is 9.26. The van der Waals surface area contributed by atoms with E-state index in [4.69, 9.17) is 11.6 Å². The van der Waals surface area contributed by atoms with E-state index in [1.165, 1.54) is 25.7 Å². The molecule has 0 aromatic carbocycles. The van der Waals surface area contributed by atoms with E-state index in [1.807, 2.05) is 6.08 Å². The summed E-state index contributed by atoms with van der Waals surface area (Å²) in [4.78, 5) is 0. The van der Waals surface area contributed by atoms with Crippen LogP contribution in [0, 0.1) is 0 Å². The van der Waals surface area contributed by atoms with Crippen molar-refractivity contribution in [3.05, 3.63) is 11.6 Å². The molecule has 0 aromatic rings. The first-order valence-corrected chi connectivity index (χ1v) is 4.81. The Balaban J connectivity index is 0. The van der Waals surface area contributed by atoms with Crippen molar-refractivity contribution < 1.29 is 0 Å². The molecule has 0 aromatic heterocycles. The molecule has 0 unspecified atom stereocenters. The lowest BCUT2D eigenvalue weighted by Gasteiger charge is -1.99. The average Bonchev–Trinajstić information content (AvgIpc) is 2.03. The van der Waals surface area contributed by atoms with Crippen molar-refractivity contribution in [1.82, 2.24) is 5.32 Å².